The highest BCUT2D eigenvalue weighted by atomic mass is 19.4. The van der Waals surface area contributed by atoms with Gasteiger partial charge in [0.15, 0.2) is 5.82 Å². The first-order valence-corrected chi connectivity index (χ1v) is 9.76. The summed E-state index contributed by atoms with van der Waals surface area (Å²) >= 11 is 0. The summed E-state index contributed by atoms with van der Waals surface area (Å²) in [4.78, 5) is 25.9. The molecular weight excluding hydrogens is 440 g/mol. The number of rotatable bonds is 3. The smallest absolute Gasteiger partial charge is 0.310 e. The lowest BCUT2D eigenvalue weighted by Gasteiger charge is -2.20. The molecule has 0 aliphatic carbocycles. The third-order valence-corrected chi connectivity index (χ3v) is 5.33. The van der Waals surface area contributed by atoms with Gasteiger partial charge in [0.2, 0.25) is 0 Å². The highest BCUT2D eigenvalue weighted by molar-refractivity contribution is 6.05. The molecule has 0 saturated heterocycles. The predicted molar refractivity (Wildman–Crippen MR) is 113 cm³/mol. The number of carbonyl (C=O) groups is 1. The minimum Gasteiger partial charge on any atom is -0.310 e. The summed E-state index contributed by atoms with van der Waals surface area (Å²) < 4.78 is 55.8. The summed E-state index contributed by atoms with van der Waals surface area (Å²) in [6.45, 7) is 2.99. The Morgan fingerprint density at radius 2 is 1.85 bits per heavy atom. The molecule has 33 heavy (non-hydrogen) atoms. The normalized spacial score (nSPS) is 11.8. The van der Waals surface area contributed by atoms with Gasteiger partial charge in [-0.1, -0.05) is 0 Å². The van der Waals surface area contributed by atoms with Crippen LogP contribution in [0.3, 0.4) is 0 Å². The number of hydrogen-bond acceptors (Lipinski definition) is 5. The third-order valence-electron chi connectivity index (χ3n) is 5.33. The summed E-state index contributed by atoms with van der Waals surface area (Å²) in [7, 11) is 3.15. The van der Waals surface area contributed by atoms with E-state index >= 15 is 4.39 Å². The van der Waals surface area contributed by atoms with E-state index in [0.29, 0.717) is 11.4 Å². The van der Waals surface area contributed by atoms with Crippen LogP contribution in [0.4, 0.5) is 23.2 Å². The SMILES string of the molecule is Cc1c(N(C)C(=O)c2ccnn2C)ccc(-c2ncc3nc(C(F)(F)F)cc(C)c3n2)c1F. The van der Waals surface area contributed by atoms with Crippen LogP contribution < -0.4 is 4.90 Å². The maximum atomic E-state index is 15.3. The standard InChI is InChI=1S/C22H18F4N6O/c1-11-9-17(22(24,25)26)29-14-10-27-20(30-19(11)14)13-5-6-15(12(2)18(13)23)31(3)21(33)16-7-8-28-32(16)4/h5-10H,1-4H3. The molecule has 0 atom stereocenters. The average molecular weight is 458 g/mol. The van der Waals surface area contributed by atoms with Gasteiger partial charge in [0, 0.05) is 31.5 Å². The van der Waals surface area contributed by atoms with E-state index in [2.05, 4.69) is 20.1 Å². The van der Waals surface area contributed by atoms with Crippen LogP contribution in [0.15, 0.2) is 36.7 Å². The second kappa shape index (κ2) is 7.91. The minimum atomic E-state index is -4.60. The Bertz CT molecular complexity index is 1400. The number of fused-ring (bicyclic) bond motifs is 1. The predicted octanol–water partition coefficient (Wildman–Crippen LogP) is 4.48. The number of anilines is 1. The molecule has 0 spiro atoms. The van der Waals surface area contributed by atoms with E-state index in [9.17, 15) is 18.0 Å². The van der Waals surface area contributed by atoms with Gasteiger partial charge in [-0.15, -0.1) is 0 Å². The number of halogens is 4. The molecule has 0 aliphatic heterocycles. The molecule has 7 nitrogen and oxygen atoms in total. The molecule has 0 aliphatic rings. The summed E-state index contributed by atoms with van der Waals surface area (Å²) in [6.07, 6.45) is -1.97. The molecule has 0 radical (unpaired) electrons. The van der Waals surface area contributed by atoms with Crippen molar-refractivity contribution in [2.45, 2.75) is 20.0 Å². The molecule has 11 heteroatoms. The highest BCUT2D eigenvalue weighted by Gasteiger charge is 2.33. The van der Waals surface area contributed by atoms with Crippen LogP contribution in [-0.2, 0) is 13.2 Å². The van der Waals surface area contributed by atoms with Gasteiger partial charge in [-0.05, 0) is 43.7 Å². The van der Waals surface area contributed by atoms with Crippen LogP contribution in [-0.4, -0.2) is 37.7 Å². The first kappa shape index (κ1) is 22.3. The van der Waals surface area contributed by atoms with Crippen LogP contribution in [0.5, 0.6) is 0 Å². The van der Waals surface area contributed by atoms with Gasteiger partial charge in [0.25, 0.3) is 5.91 Å². The zero-order chi connectivity index (χ0) is 24.1. The van der Waals surface area contributed by atoms with Crippen molar-refractivity contribution in [3.63, 3.8) is 0 Å². The molecule has 0 bridgehead atoms. The molecule has 4 aromatic rings. The summed E-state index contributed by atoms with van der Waals surface area (Å²) in [6, 6.07) is 5.44. The van der Waals surface area contributed by atoms with Gasteiger partial charge >= 0.3 is 6.18 Å². The number of aryl methyl sites for hydroxylation is 2. The Morgan fingerprint density at radius 3 is 2.48 bits per heavy atom. The number of amides is 1. The molecule has 1 amide bonds. The molecular formula is C22H18F4N6O. The molecule has 0 saturated carbocycles. The Kier molecular flexibility index (Phi) is 5.35. The maximum absolute atomic E-state index is 15.3. The van der Waals surface area contributed by atoms with Crippen molar-refractivity contribution < 1.29 is 22.4 Å². The summed E-state index contributed by atoms with van der Waals surface area (Å²) in [5.74, 6) is -1.01. The molecule has 0 fully saturated rings. The second-order valence-corrected chi connectivity index (χ2v) is 7.53. The van der Waals surface area contributed by atoms with Gasteiger partial charge in [0.05, 0.1) is 17.3 Å². The van der Waals surface area contributed by atoms with Crippen LogP contribution >= 0.6 is 0 Å². The zero-order valence-corrected chi connectivity index (χ0v) is 18.1. The lowest BCUT2D eigenvalue weighted by atomic mass is 10.1. The van der Waals surface area contributed by atoms with Gasteiger partial charge in [-0.25, -0.2) is 19.3 Å². The van der Waals surface area contributed by atoms with Crippen molar-refractivity contribution in [2.75, 3.05) is 11.9 Å². The Labute approximate surface area is 185 Å². The number of aromatic nitrogens is 5. The van der Waals surface area contributed by atoms with E-state index in [-0.39, 0.29) is 39.5 Å². The number of carbonyl (C=O) groups excluding carboxylic acids is 1. The molecule has 1 aromatic carbocycles. The fourth-order valence-electron chi connectivity index (χ4n) is 3.53. The largest absolute Gasteiger partial charge is 0.433 e. The second-order valence-electron chi connectivity index (χ2n) is 7.53. The number of hydrogen-bond donors (Lipinski definition) is 0. The molecule has 3 aromatic heterocycles. The van der Waals surface area contributed by atoms with Crippen molar-refractivity contribution in [3.8, 4) is 11.4 Å². The van der Waals surface area contributed by atoms with Crippen molar-refractivity contribution >= 4 is 22.6 Å². The van der Waals surface area contributed by atoms with E-state index in [4.69, 9.17) is 0 Å². The molecule has 4 rings (SSSR count). The van der Waals surface area contributed by atoms with E-state index in [1.54, 1.807) is 19.2 Å². The number of nitrogens with zero attached hydrogens (tertiary/aromatic N) is 6. The van der Waals surface area contributed by atoms with Crippen molar-refractivity contribution in [2.24, 2.45) is 7.05 Å². The Balaban J connectivity index is 1.74. The zero-order valence-electron chi connectivity index (χ0n) is 18.1. The lowest BCUT2D eigenvalue weighted by molar-refractivity contribution is -0.141. The topological polar surface area (TPSA) is 76.8 Å². The summed E-state index contributed by atoms with van der Waals surface area (Å²) in [5.41, 5.74) is 0.271. The first-order chi connectivity index (χ1) is 15.5. The maximum Gasteiger partial charge on any atom is 0.433 e. The molecule has 0 N–H and O–H groups in total. The van der Waals surface area contributed by atoms with Gasteiger partial charge in [-0.2, -0.15) is 18.3 Å². The van der Waals surface area contributed by atoms with E-state index in [0.717, 1.165) is 12.3 Å². The van der Waals surface area contributed by atoms with E-state index in [1.165, 1.54) is 42.7 Å². The Morgan fingerprint density at radius 1 is 1.12 bits per heavy atom. The fraction of sp³-hybridized carbons (Fsp3) is 0.227. The van der Waals surface area contributed by atoms with Crippen LogP contribution in [0.2, 0.25) is 0 Å². The average Bonchev–Trinajstić information content (AvgIpc) is 3.19. The molecule has 0 unspecified atom stereocenters. The minimum absolute atomic E-state index is 0.0000714. The number of alkyl halides is 3. The van der Waals surface area contributed by atoms with Crippen molar-refractivity contribution in [1.29, 1.82) is 0 Å². The van der Waals surface area contributed by atoms with Gasteiger partial charge in [0.1, 0.15) is 22.7 Å². The fourth-order valence-corrected chi connectivity index (χ4v) is 3.53. The Hall–Kier alpha value is -3.89. The summed E-state index contributed by atoms with van der Waals surface area (Å²) in [5, 5.41) is 3.97. The van der Waals surface area contributed by atoms with E-state index < -0.39 is 17.7 Å². The van der Waals surface area contributed by atoms with Crippen LogP contribution in [0.25, 0.3) is 22.4 Å². The quantitative estimate of drug-likeness (QED) is 0.423. The van der Waals surface area contributed by atoms with Crippen molar-refractivity contribution in [1.82, 2.24) is 24.7 Å². The first-order valence-electron chi connectivity index (χ1n) is 9.76. The van der Waals surface area contributed by atoms with Crippen LogP contribution in [0.1, 0.15) is 27.3 Å². The highest BCUT2D eigenvalue weighted by Crippen LogP contribution is 2.33. The van der Waals surface area contributed by atoms with Crippen molar-refractivity contribution in [3.05, 3.63) is 65.0 Å². The van der Waals surface area contributed by atoms with Gasteiger partial charge < -0.3 is 4.90 Å². The van der Waals surface area contributed by atoms with Crippen LogP contribution in [0, 0.1) is 19.7 Å². The third kappa shape index (κ3) is 3.90. The lowest BCUT2D eigenvalue weighted by Crippen LogP contribution is -2.29. The monoisotopic (exact) mass is 458 g/mol. The van der Waals surface area contributed by atoms with E-state index in [1.807, 2.05) is 0 Å². The number of benzene rings is 1. The molecule has 170 valence electrons. The van der Waals surface area contributed by atoms with Gasteiger partial charge in [-0.3, -0.25) is 9.48 Å². The number of pyridine rings is 1. The molecule has 3 heterocycles.